The first-order chi connectivity index (χ1) is 8.76. The van der Waals surface area contributed by atoms with Crippen LogP contribution in [0.25, 0.3) is 0 Å². The summed E-state index contributed by atoms with van der Waals surface area (Å²) in [4.78, 5) is 11.3. The number of hydrogen-bond acceptors (Lipinski definition) is 4. The minimum atomic E-state index is -0.141. The summed E-state index contributed by atoms with van der Waals surface area (Å²) in [5.74, 6) is 1.02. The molecule has 0 aliphatic rings. The molecule has 0 radical (unpaired) electrons. The highest BCUT2D eigenvalue weighted by molar-refractivity contribution is 7.98. The topological polar surface area (TPSA) is 50.4 Å². The molecule has 100 valence electrons. The molecule has 0 atom stereocenters. The number of hydrogen-bond donors (Lipinski definition) is 2. The number of thioether (sulfide) groups is 1. The van der Waals surface area contributed by atoms with Crippen molar-refractivity contribution in [3.63, 3.8) is 0 Å². The summed E-state index contributed by atoms with van der Waals surface area (Å²) in [7, 11) is 1.50. The third kappa shape index (κ3) is 5.93. The second-order valence-electron chi connectivity index (χ2n) is 3.83. The van der Waals surface area contributed by atoms with E-state index in [1.807, 2.05) is 36.0 Å². The highest BCUT2D eigenvalue weighted by Gasteiger charge is 2.00. The van der Waals surface area contributed by atoms with Gasteiger partial charge >= 0.3 is 0 Å². The number of carbonyl (C=O) groups is 1. The predicted molar refractivity (Wildman–Crippen MR) is 78.4 cm³/mol. The van der Waals surface area contributed by atoms with Crippen LogP contribution in [0.2, 0.25) is 0 Å². The zero-order valence-corrected chi connectivity index (χ0v) is 11.7. The second-order valence-corrected chi connectivity index (χ2v) is 4.82. The number of amides is 1. The van der Waals surface area contributed by atoms with Crippen molar-refractivity contribution in [1.29, 1.82) is 0 Å². The van der Waals surface area contributed by atoms with Crippen LogP contribution >= 0.6 is 11.8 Å². The Morgan fingerprint density at radius 3 is 2.56 bits per heavy atom. The fraction of sp³-hybridized carbons (Fsp3) is 0.462. The molecular weight excluding hydrogens is 248 g/mol. The van der Waals surface area contributed by atoms with Crippen LogP contribution < -0.4 is 10.6 Å². The normalized spacial score (nSPS) is 10.1. The molecule has 18 heavy (non-hydrogen) atoms. The molecule has 0 spiro atoms. The van der Waals surface area contributed by atoms with Crippen molar-refractivity contribution in [2.45, 2.75) is 6.42 Å². The summed E-state index contributed by atoms with van der Waals surface area (Å²) >= 11 is 1.85. The Morgan fingerprint density at radius 2 is 1.94 bits per heavy atom. The molecule has 2 N–H and O–H groups in total. The second kappa shape index (κ2) is 8.83. The van der Waals surface area contributed by atoms with E-state index in [1.165, 1.54) is 7.11 Å². The Labute approximate surface area is 112 Å². The monoisotopic (exact) mass is 268 g/mol. The minimum Gasteiger partial charge on any atom is -0.385 e. The lowest BCUT2D eigenvalue weighted by molar-refractivity contribution is -0.119. The van der Waals surface area contributed by atoms with E-state index in [0.29, 0.717) is 0 Å². The number of benzene rings is 1. The average molecular weight is 268 g/mol. The summed E-state index contributed by atoms with van der Waals surface area (Å²) in [6, 6.07) is 7.68. The van der Waals surface area contributed by atoms with Crippen molar-refractivity contribution in [2.75, 3.05) is 42.9 Å². The SMILES string of the molecule is COCC(=O)Nc1ccc(NCCCSC)cc1. The number of carbonyl (C=O) groups excluding carboxylic acids is 1. The van der Waals surface area contributed by atoms with Crippen molar-refractivity contribution in [3.8, 4) is 0 Å². The van der Waals surface area contributed by atoms with Gasteiger partial charge in [0.25, 0.3) is 0 Å². The first-order valence-electron chi connectivity index (χ1n) is 5.88. The molecule has 0 aliphatic carbocycles. The number of nitrogens with one attached hydrogen (secondary N) is 2. The quantitative estimate of drug-likeness (QED) is 0.711. The summed E-state index contributed by atoms with van der Waals surface area (Å²) in [6.07, 6.45) is 3.25. The van der Waals surface area contributed by atoms with Gasteiger partial charge in [-0.2, -0.15) is 11.8 Å². The number of ether oxygens (including phenoxy) is 1. The van der Waals surface area contributed by atoms with Crippen LogP contribution in [-0.2, 0) is 9.53 Å². The van der Waals surface area contributed by atoms with Crippen molar-refractivity contribution >= 4 is 29.0 Å². The molecule has 0 bridgehead atoms. The van der Waals surface area contributed by atoms with E-state index in [1.54, 1.807) is 0 Å². The number of rotatable bonds is 8. The minimum absolute atomic E-state index is 0.0781. The van der Waals surface area contributed by atoms with E-state index in [2.05, 4.69) is 16.9 Å². The molecule has 0 saturated carbocycles. The van der Waals surface area contributed by atoms with Gasteiger partial charge in [0.05, 0.1) is 0 Å². The van der Waals surface area contributed by atoms with Crippen molar-refractivity contribution in [1.82, 2.24) is 0 Å². The smallest absolute Gasteiger partial charge is 0.250 e. The van der Waals surface area contributed by atoms with Gasteiger partial charge in [0.1, 0.15) is 6.61 Å². The van der Waals surface area contributed by atoms with Gasteiger partial charge in [-0.05, 0) is 42.7 Å². The molecule has 0 aliphatic heterocycles. The Kier molecular flexibility index (Phi) is 7.29. The van der Waals surface area contributed by atoms with Gasteiger partial charge in [-0.1, -0.05) is 0 Å². The van der Waals surface area contributed by atoms with E-state index in [9.17, 15) is 4.79 Å². The van der Waals surface area contributed by atoms with Crippen molar-refractivity contribution < 1.29 is 9.53 Å². The molecule has 1 rings (SSSR count). The number of anilines is 2. The largest absolute Gasteiger partial charge is 0.385 e. The highest BCUT2D eigenvalue weighted by atomic mass is 32.2. The van der Waals surface area contributed by atoms with Crippen LogP contribution in [-0.4, -0.2) is 38.2 Å². The van der Waals surface area contributed by atoms with Crippen LogP contribution in [0, 0.1) is 0 Å². The fourth-order valence-electron chi connectivity index (χ4n) is 1.45. The lowest BCUT2D eigenvalue weighted by atomic mass is 10.2. The van der Waals surface area contributed by atoms with Gasteiger partial charge in [-0.15, -0.1) is 0 Å². The standard InChI is InChI=1S/C13H20N2O2S/c1-17-10-13(16)15-12-6-4-11(5-7-12)14-8-3-9-18-2/h4-7,14H,3,8-10H2,1-2H3,(H,15,16). The molecule has 4 nitrogen and oxygen atoms in total. The van der Waals surface area contributed by atoms with E-state index < -0.39 is 0 Å². The van der Waals surface area contributed by atoms with Crippen LogP contribution in [0.1, 0.15) is 6.42 Å². The maximum absolute atomic E-state index is 11.3. The first kappa shape index (κ1) is 14.9. The van der Waals surface area contributed by atoms with Crippen LogP contribution in [0.15, 0.2) is 24.3 Å². The van der Waals surface area contributed by atoms with Crippen LogP contribution in [0.4, 0.5) is 11.4 Å². The molecule has 0 unspecified atom stereocenters. The zero-order chi connectivity index (χ0) is 13.2. The Hall–Kier alpha value is -1.20. The molecule has 1 aromatic rings. The summed E-state index contributed by atoms with van der Waals surface area (Å²) in [5.41, 5.74) is 1.85. The zero-order valence-electron chi connectivity index (χ0n) is 10.9. The average Bonchev–Trinajstić information content (AvgIpc) is 2.37. The lowest BCUT2D eigenvalue weighted by Crippen LogP contribution is -2.16. The molecule has 1 aromatic carbocycles. The van der Waals surface area contributed by atoms with Gasteiger partial charge < -0.3 is 15.4 Å². The third-order valence-corrected chi connectivity index (χ3v) is 3.00. The Morgan fingerprint density at radius 1 is 1.28 bits per heavy atom. The Balaban J connectivity index is 2.35. The first-order valence-corrected chi connectivity index (χ1v) is 7.27. The van der Waals surface area contributed by atoms with Gasteiger partial charge in [0.15, 0.2) is 0 Å². The molecule has 0 aromatic heterocycles. The van der Waals surface area contributed by atoms with Crippen LogP contribution in [0.5, 0.6) is 0 Å². The van der Waals surface area contributed by atoms with Crippen molar-refractivity contribution in [2.24, 2.45) is 0 Å². The fourth-order valence-corrected chi connectivity index (χ4v) is 1.88. The Bertz CT molecular complexity index is 355. The highest BCUT2D eigenvalue weighted by Crippen LogP contribution is 2.13. The van der Waals surface area contributed by atoms with E-state index >= 15 is 0 Å². The molecule has 0 saturated heterocycles. The molecule has 0 heterocycles. The molecular formula is C13H20N2O2S. The van der Waals surface area contributed by atoms with Gasteiger partial charge in [0, 0.05) is 25.0 Å². The van der Waals surface area contributed by atoms with Gasteiger partial charge in [-0.3, -0.25) is 4.79 Å². The van der Waals surface area contributed by atoms with E-state index in [-0.39, 0.29) is 12.5 Å². The third-order valence-electron chi connectivity index (χ3n) is 2.30. The maximum Gasteiger partial charge on any atom is 0.250 e. The molecule has 0 fully saturated rings. The molecule has 1 amide bonds. The summed E-state index contributed by atoms with van der Waals surface area (Å²) < 4.78 is 4.75. The van der Waals surface area contributed by atoms with Gasteiger partial charge in [-0.25, -0.2) is 0 Å². The van der Waals surface area contributed by atoms with Gasteiger partial charge in [0.2, 0.25) is 5.91 Å². The molecule has 5 heteroatoms. The summed E-state index contributed by atoms with van der Waals surface area (Å²) in [5, 5.41) is 6.09. The lowest BCUT2D eigenvalue weighted by Gasteiger charge is -2.08. The number of methoxy groups -OCH3 is 1. The van der Waals surface area contributed by atoms with E-state index in [4.69, 9.17) is 4.74 Å². The van der Waals surface area contributed by atoms with Crippen LogP contribution in [0.3, 0.4) is 0 Å². The summed E-state index contributed by atoms with van der Waals surface area (Å²) in [6.45, 7) is 1.05. The van der Waals surface area contributed by atoms with E-state index in [0.717, 1.165) is 30.1 Å². The van der Waals surface area contributed by atoms with Crippen molar-refractivity contribution in [3.05, 3.63) is 24.3 Å². The predicted octanol–water partition coefficient (Wildman–Crippen LogP) is 2.44. The maximum atomic E-state index is 11.3.